The topological polar surface area (TPSA) is 171 Å². The van der Waals surface area contributed by atoms with E-state index < -0.39 is 7.12 Å². The van der Waals surface area contributed by atoms with E-state index in [9.17, 15) is 15.3 Å². The van der Waals surface area contributed by atoms with Gasteiger partial charge < -0.3 is 71.3 Å². The summed E-state index contributed by atoms with van der Waals surface area (Å²) >= 11 is 0. The van der Waals surface area contributed by atoms with Crippen molar-refractivity contribution in [3.8, 4) is 28.7 Å². The van der Waals surface area contributed by atoms with Gasteiger partial charge in [0.05, 0.1) is 56.0 Å². The van der Waals surface area contributed by atoms with Crippen LogP contribution in [0.4, 0.5) is 0 Å². The van der Waals surface area contributed by atoms with E-state index in [-0.39, 0.29) is 90.2 Å². The van der Waals surface area contributed by atoms with Crippen LogP contribution in [-0.4, -0.2) is 107 Å². The van der Waals surface area contributed by atoms with Crippen LogP contribution < -0.4 is 36.8 Å². The van der Waals surface area contributed by atoms with Crippen LogP contribution in [0, 0.1) is 20.8 Å². The van der Waals surface area contributed by atoms with E-state index in [1.54, 1.807) is 36.4 Å². The molecule has 0 spiro atoms. The van der Waals surface area contributed by atoms with Crippen LogP contribution in [0.3, 0.4) is 0 Å². The van der Waals surface area contributed by atoms with Gasteiger partial charge in [0.25, 0.3) is 0 Å². The molecule has 15 nitrogen and oxygen atoms in total. The Morgan fingerprint density at radius 2 is 0.602 bits per heavy atom. The van der Waals surface area contributed by atoms with Crippen molar-refractivity contribution in [1.82, 2.24) is 0 Å². The third kappa shape index (κ3) is 18.9. The second-order valence-corrected chi connectivity index (χ2v) is 32.1. The third-order valence-electron chi connectivity index (χ3n) is 21.6. The Balaban J connectivity index is 0.000000166. The number of aryl methyl sites for hydroxylation is 3. The van der Waals surface area contributed by atoms with E-state index in [1.807, 2.05) is 259 Å². The van der Waals surface area contributed by atoms with E-state index in [0.29, 0.717) is 24.7 Å². The molecular formula is C83H109B5O15. The Hall–Kier alpha value is -7.32. The second kappa shape index (κ2) is 31.4. The van der Waals surface area contributed by atoms with Crippen molar-refractivity contribution in [2.75, 3.05) is 0 Å². The normalized spacial score (nSPS) is 19.8. The van der Waals surface area contributed by atoms with Gasteiger partial charge in [-0.05, 0) is 239 Å². The van der Waals surface area contributed by atoms with E-state index in [2.05, 4.69) is 47.4 Å². The van der Waals surface area contributed by atoms with Gasteiger partial charge in [0, 0.05) is 16.7 Å². The van der Waals surface area contributed by atoms with Crippen LogP contribution in [0.1, 0.15) is 183 Å². The first-order chi connectivity index (χ1) is 47.8. The summed E-state index contributed by atoms with van der Waals surface area (Å²) in [4.78, 5) is 0. The summed E-state index contributed by atoms with van der Waals surface area (Å²) in [6, 6.07) is 46.4. The molecule has 0 bridgehead atoms. The van der Waals surface area contributed by atoms with E-state index in [4.69, 9.17) is 56.0 Å². The van der Waals surface area contributed by atoms with Crippen LogP contribution in [0.15, 0.2) is 165 Å². The zero-order valence-corrected chi connectivity index (χ0v) is 65.3. The molecule has 0 radical (unpaired) electrons. The number of phenols is 3. The molecule has 0 atom stereocenters. The first-order valence-electron chi connectivity index (χ1n) is 35.5. The predicted molar refractivity (Wildman–Crippen MR) is 422 cm³/mol. The highest BCUT2D eigenvalue weighted by Gasteiger charge is 2.56. The molecule has 546 valence electrons. The number of hydrogen-bond acceptors (Lipinski definition) is 15. The molecule has 5 fully saturated rings. The summed E-state index contributed by atoms with van der Waals surface area (Å²) in [7, 11) is -1.90. The lowest BCUT2D eigenvalue weighted by atomic mass is 9.77. The van der Waals surface area contributed by atoms with Gasteiger partial charge in [-0.25, -0.2) is 0 Å². The van der Waals surface area contributed by atoms with Crippen molar-refractivity contribution in [3.63, 3.8) is 0 Å². The lowest BCUT2D eigenvalue weighted by Gasteiger charge is -2.32. The SMILES string of the molecule is C=Cc1cc(B2OC(C)(C)C(C)(C)O2)cc(C=C)c1OCc1ccccc1.C=Cc1cc(B2OC(C)(C)C(C)(C)O2)ccc1OCc1ccccc1.CC1(C)OB(c2ccc(O)cc2)OC1(C)C.Cc1cc(B2OC(C)(C)C(C)(C)O2)cc(C)c1O.Cc1cc(B2OC(C)(C)C(C)(C)O2)ccc1O. The molecular weight excluding hydrogens is 1290 g/mol. The zero-order valence-electron chi connectivity index (χ0n) is 65.3. The Kier molecular flexibility index (Phi) is 24.8. The van der Waals surface area contributed by atoms with Gasteiger partial charge >= 0.3 is 35.6 Å². The molecule has 0 aromatic heterocycles. The third-order valence-corrected chi connectivity index (χ3v) is 21.6. The minimum Gasteiger partial charge on any atom is -0.508 e. The summed E-state index contributed by atoms with van der Waals surface area (Å²) in [6.45, 7) is 59.2. The Bertz CT molecular complexity index is 3960. The number of ether oxygens (including phenoxy) is 2. The molecule has 20 heteroatoms. The molecule has 5 saturated heterocycles. The van der Waals surface area contributed by atoms with Crippen molar-refractivity contribution >= 4 is 81.1 Å². The molecule has 5 aliphatic heterocycles. The maximum atomic E-state index is 9.80. The van der Waals surface area contributed by atoms with Crippen LogP contribution in [-0.2, 0) is 59.8 Å². The van der Waals surface area contributed by atoms with Gasteiger partial charge in [-0.3, -0.25) is 0 Å². The zero-order chi connectivity index (χ0) is 76.3. The number of aromatic hydroxyl groups is 3. The fourth-order valence-electron chi connectivity index (χ4n) is 11.3. The summed E-state index contributed by atoms with van der Waals surface area (Å²) in [5.41, 5.74) is 8.77. The molecule has 3 N–H and O–H groups in total. The molecule has 5 aliphatic rings. The first kappa shape index (κ1) is 81.4. The largest absolute Gasteiger partial charge is 0.508 e. The van der Waals surface area contributed by atoms with E-state index >= 15 is 0 Å². The highest BCUT2D eigenvalue weighted by Crippen LogP contribution is 2.42. The summed E-state index contributed by atoms with van der Waals surface area (Å²) in [6.07, 6.45) is 5.39. The molecule has 5 heterocycles. The lowest BCUT2D eigenvalue weighted by Crippen LogP contribution is -2.41. The number of benzene rings is 7. The monoisotopic (exact) mass is 1400 g/mol. The fourth-order valence-corrected chi connectivity index (χ4v) is 11.3. The van der Waals surface area contributed by atoms with Crippen molar-refractivity contribution in [1.29, 1.82) is 0 Å². The summed E-state index contributed by atoms with van der Waals surface area (Å²) in [5.74, 6) is 2.46. The molecule has 7 aromatic rings. The molecule has 0 aliphatic carbocycles. The highest BCUT2D eigenvalue weighted by molar-refractivity contribution is 6.64. The quantitative estimate of drug-likeness (QED) is 0.0878. The minimum atomic E-state index is -0.435. The lowest BCUT2D eigenvalue weighted by molar-refractivity contribution is 0.00578. The van der Waals surface area contributed by atoms with Crippen LogP contribution in [0.5, 0.6) is 28.7 Å². The minimum absolute atomic E-state index is 0.250. The summed E-state index contributed by atoms with van der Waals surface area (Å²) < 4.78 is 72.3. The maximum absolute atomic E-state index is 9.80. The van der Waals surface area contributed by atoms with Gasteiger partial charge in [-0.2, -0.15) is 0 Å². The molecule has 0 amide bonds. The smallest absolute Gasteiger partial charge is 0.494 e. The predicted octanol–water partition coefficient (Wildman–Crippen LogP) is 15.1. The van der Waals surface area contributed by atoms with Crippen molar-refractivity contribution in [2.24, 2.45) is 0 Å². The Labute approximate surface area is 616 Å². The van der Waals surface area contributed by atoms with Gasteiger partial charge in [0.1, 0.15) is 42.0 Å². The second-order valence-electron chi connectivity index (χ2n) is 32.1. The first-order valence-corrected chi connectivity index (χ1v) is 35.5. The molecule has 7 aromatic carbocycles. The average molecular weight is 1400 g/mol. The van der Waals surface area contributed by atoms with E-state index in [1.165, 1.54) is 0 Å². The fraction of sp³-hybridized carbons (Fsp3) is 0.422. The van der Waals surface area contributed by atoms with E-state index in [0.717, 1.165) is 83.3 Å². The van der Waals surface area contributed by atoms with Crippen LogP contribution in [0.25, 0.3) is 18.2 Å². The highest BCUT2D eigenvalue weighted by atomic mass is 16.7. The van der Waals surface area contributed by atoms with Crippen LogP contribution >= 0.6 is 0 Å². The molecule has 103 heavy (non-hydrogen) atoms. The standard InChI is InChI=1S/C23H27BO3.C21H25BO3.C14H21BO3.C13H19BO3.C12H17BO3/c1-7-18-14-20(24-26-22(3,4)23(5,6)27-24)15-19(8-2)21(18)25-16-17-12-10-9-11-13-17;1-6-17-14-18(22-24-20(2,3)21(4,5)25-22)12-13-19(17)23-15-16-10-8-7-9-11-16;1-9-7-11(8-10(2)12(9)16)15-17-13(3,4)14(5,6)18-15;1-9-8-10(6-7-11(9)15)14-16-12(2,3)13(4,5)17-14;1-11(2)12(3,4)16-13(15-11)9-5-7-10(14)8-6-9/h7-15H,1-2,16H2,3-6H3;6-14H,1,15H2,2-5H3;7-8,16H,1-6H3;6-8,15H,1-5H3;5-8,14H,1-4H3. The maximum Gasteiger partial charge on any atom is 0.494 e. The van der Waals surface area contributed by atoms with Gasteiger partial charge in [0.15, 0.2) is 0 Å². The molecule has 12 rings (SSSR count). The van der Waals surface area contributed by atoms with Gasteiger partial charge in [-0.15, -0.1) is 0 Å². The summed E-state index contributed by atoms with van der Waals surface area (Å²) in [5, 5.41) is 28.5. The van der Waals surface area contributed by atoms with Crippen molar-refractivity contribution in [3.05, 3.63) is 210 Å². The number of hydrogen-bond donors (Lipinski definition) is 3. The van der Waals surface area contributed by atoms with Gasteiger partial charge in [-0.1, -0.05) is 159 Å². The van der Waals surface area contributed by atoms with Crippen molar-refractivity contribution in [2.45, 2.75) is 228 Å². The Morgan fingerprint density at radius 1 is 0.320 bits per heavy atom. The number of rotatable bonds is 14. The van der Waals surface area contributed by atoms with Gasteiger partial charge in [0.2, 0.25) is 0 Å². The Morgan fingerprint density at radius 3 is 0.951 bits per heavy atom. The van der Waals surface area contributed by atoms with Crippen molar-refractivity contribution < 1.29 is 71.3 Å². The molecule has 0 saturated carbocycles. The number of phenolic OH excluding ortho intramolecular Hbond substituents is 3. The molecule has 0 unspecified atom stereocenters. The van der Waals surface area contributed by atoms with Crippen LogP contribution in [0.2, 0.25) is 0 Å². The average Bonchev–Trinajstić information content (AvgIpc) is 1.66.